The van der Waals surface area contributed by atoms with Gasteiger partial charge in [-0.2, -0.15) is 5.06 Å². The van der Waals surface area contributed by atoms with Crippen molar-refractivity contribution in [3.8, 4) is 0 Å². The molecule has 0 saturated carbocycles. The summed E-state index contributed by atoms with van der Waals surface area (Å²) in [4.78, 5) is 10.4. The molecular weight excluding hydrogens is 221 g/mol. The van der Waals surface area contributed by atoms with E-state index in [1.165, 1.54) is 13.3 Å². The third-order valence-electron chi connectivity index (χ3n) is 1.90. The van der Waals surface area contributed by atoms with Crippen LogP contribution in [0.4, 0.5) is 4.79 Å². The fourth-order valence-corrected chi connectivity index (χ4v) is 2.13. The lowest BCUT2D eigenvalue weighted by molar-refractivity contribution is -0.0490. The number of nitrogens with zero attached hydrogens (tertiary/aromatic N) is 1. The predicted octanol–water partition coefficient (Wildman–Crippen LogP) is -0.367. The molecule has 0 saturated heterocycles. The van der Waals surface area contributed by atoms with Crippen molar-refractivity contribution in [1.82, 2.24) is 10.4 Å². The number of aliphatic hydroxyl groups excluding tert-OH is 1. The van der Waals surface area contributed by atoms with Gasteiger partial charge < -0.3 is 15.4 Å². The number of urea groups is 1. The first-order valence-corrected chi connectivity index (χ1v) is 7.05. The van der Waals surface area contributed by atoms with Crippen LogP contribution in [-0.4, -0.2) is 53.3 Å². The Hall–Kier alpha value is -0.620. The van der Waals surface area contributed by atoms with E-state index in [0.717, 1.165) is 0 Å². The van der Waals surface area contributed by atoms with Crippen molar-refractivity contribution in [3.63, 3.8) is 0 Å². The first-order valence-electron chi connectivity index (χ1n) is 4.38. The van der Waals surface area contributed by atoms with Gasteiger partial charge in [0.1, 0.15) is 19.7 Å². The second-order valence-electron chi connectivity index (χ2n) is 3.74. The highest BCUT2D eigenvalue weighted by molar-refractivity contribution is 7.62. The van der Waals surface area contributed by atoms with Crippen molar-refractivity contribution in [1.29, 1.82) is 0 Å². The Labute approximate surface area is 88.6 Å². The highest BCUT2D eigenvalue weighted by atomic mass is 31.2. The minimum absolute atomic E-state index is 0.229. The smallest absolute Gasteiger partial charge is 0.339 e. The van der Waals surface area contributed by atoms with Gasteiger partial charge in [-0.05, 0) is 20.3 Å². The number of hydrogen-bond donors (Lipinski definition) is 4. The van der Waals surface area contributed by atoms with Crippen molar-refractivity contribution < 1.29 is 19.7 Å². The molecule has 15 heavy (non-hydrogen) atoms. The molecule has 0 aromatic rings. The maximum atomic E-state index is 11.5. The van der Waals surface area contributed by atoms with E-state index >= 15 is 0 Å². The lowest BCUT2D eigenvalue weighted by atomic mass is 10.4. The van der Waals surface area contributed by atoms with E-state index in [2.05, 4.69) is 5.32 Å². The van der Waals surface area contributed by atoms with Crippen molar-refractivity contribution in [2.24, 2.45) is 5.73 Å². The van der Waals surface area contributed by atoms with E-state index in [1.807, 2.05) is 0 Å². The van der Waals surface area contributed by atoms with Crippen molar-refractivity contribution >= 4 is 13.2 Å². The van der Waals surface area contributed by atoms with Crippen molar-refractivity contribution in [2.75, 3.05) is 20.0 Å². The zero-order valence-electron chi connectivity index (χ0n) is 9.04. The van der Waals surface area contributed by atoms with E-state index in [0.29, 0.717) is 0 Å². The minimum atomic E-state index is -2.62. The SMILES string of the molecule is CC(NCN(O)C(N)=O)C(O)P(C)(C)=O. The number of hydrogen-bond acceptors (Lipinski definition) is 5. The molecule has 0 aliphatic rings. The largest absolute Gasteiger partial charge is 0.384 e. The van der Waals surface area contributed by atoms with E-state index in [9.17, 15) is 14.5 Å². The van der Waals surface area contributed by atoms with Crippen LogP contribution in [0.2, 0.25) is 0 Å². The number of aliphatic hydroxyl groups is 1. The molecule has 2 unspecified atom stereocenters. The maximum absolute atomic E-state index is 11.5. The van der Waals surface area contributed by atoms with Gasteiger partial charge in [-0.1, -0.05) is 0 Å². The summed E-state index contributed by atoms with van der Waals surface area (Å²) >= 11 is 0. The second-order valence-corrected chi connectivity index (χ2v) is 7.13. The molecule has 7 nitrogen and oxygen atoms in total. The monoisotopic (exact) mass is 239 g/mol. The standard InChI is InChI=1S/C7H18N3O4P/c1-5(6(11)15(2,3)14)9-4-10(13)7(8)12/h5-6,9,11,13H,4H2,1-3H3,(H2,8,12). The summed E-state index contributed by atoms with van der Waals surface area (Å²) < 4.78 is 11.5. The molecule has 5 N–H and O–H groups in total. The van der Waals surface area contributed by atoms with Gasteiger partial charge in [-0.25, -0.2) is 4.79 Å². The summed E-state index contributed by atoms with van der Waals surface area (Å²) in [6.45, 7) is 4.29. The lowest BCUT2D eigenvalue weighted by Gasteiger charge is -2.24. The molecule has 0 aliphatic heterocycles. The number of amides is 2. The van der Waals surface area contributed by atoms with E-state index in [-0.39, 0.29) is 11.7 Å². The predicted molar refractivity (Wildman–Crippen MR) is 56.1 cm³/mol. The second kappa shape index (κ2) is 5.46. The maximum Gasteiger partial charge on any atom is 0.339 e. The molecule has 8 heteroatoms. The molecule has 0 spiro atoms. The number of nitrogens with one attached hydrogen (secondary N) is 1. The topological polar surface area (TPSA) is 116 Å². The summed E-state index contributed by atoms with van der Waals surface area (Å²) in [5.41, 5.74) is 4.76. The third-order valence-corrected chi connectivity index (χ3v) is 3.62. The van der Waals surface area contributed by atoms with Crippen molar-refractivity contribution in [2.45, 2.75) is 18.8 Å². The summed E-state index contributed by atoms with van der Waals surface area (Å²) in [5, 5.41) is 21.4. The van der Waals surface area contributed by atoms with Crippen LogP contribution in [-0.2, 0) is 4.57 Å². The Morgan fingerprint density at radius 3 is 2.40 bits per heavy atom. The van der Waals surface area contributed by atoms with Gasteiger partial charge in [0.2, 0.25) is 0 Å². The molecule has 0 aromatic heterocycles. The molecule has 0 aromatic carbocycles. The van der Waals surface area contributed by atoms with Gasteiger partial charge in [0.15, 0.2) is 0 Å². The molecule has 0 bridgehead atoms. The number of carbonyl (C=O) groups is 1. The average Bonchev–Trinajstić information content (AvgIpc) is 2.10. The first kappa shape index (κ1) is 14.4. The highest BCUT2D eigenvalue weighted by Gasteiger charge is 2.26. The minimum Gasteiger partial charge on any atom is -0.384 e. The van der Waals surface area contributed by atoms with Crippen LogP contribution in [0.5, 0.6) is 0 Å². The van der Waals surface area contributed by atoms with Gasteiger partial charge in [0.25, 0.3) is 0 Å². The molecule has 90 valence electrons. The summed E-state index contributed by atoms with van der Waals surface area (Å²) in [7, 11) is -2.62. The van der Waals surface area contributed by atoms with Gasteiger partial charge in [0.05, 0.1) is 0 Å². The average molecular weight is 239 g/mol. The Kier molecular flexibility index (Phi) is 5.23. The molecule has 0 radical (unpaired) electrons. The molecule has 2 amide bonds. The van der Waals surface area contributed by atoms with Crippen LogP contribution in [0, 0.1) is 0 Å². The van der Waals surface area contributed by atoms with Crippen LogP contribution in [0.3, 0.4) is 0 Å². The molecular formula is C7H18N3O4P. The lowest BCUT2D eigenvalue weighted by Crippen LogP contribution is -2.46. The number of rotatable bonds is 5. The fraction of sp³-hybridized carbons (Fsp3) is 0.857. The van der Waals surface area contributed by atoms with Gasteiger partial charge in [-0.3, -0.25) is 10.5 Å². The van der Waals surface area contributed by atoms with Crippen LogP contribution < -0.4 is 11.1 Å². The zero-order valence-corrected chi connectivity index (χ0v) is 9.94. The first-order chi connectivity index (χ1) is 6.66. The molecule has 0 aliphatic carbocycles. The molecule has 0 fully saturated rings. The normalized spacial score (nSPS) is 15.8. The van der Waals surface area contributed by atoms with Crippen LogP contribution in [0.1, 0.15) is 6.92 Å². The van der Waals surface area contributed by atoms with Crippen LogP contribution in [0.15, 0.2) is 0 Å². The van der Waals surface area contributed by atoms with Gasteiger partial charge >= 0.3 is 6.03 Å². The fourth-order valence-electron chi connectivity index (χ4n) is 0.952. The van der Waals surface area contributed by atoms with E-state index in [1.54, 1.807) is 6.92 Å². The Morgan fingerprint density at radius 1 is 1.60 bits per heavy atom. The number of nitrogens with two attached hydrogens (primary N) is 1. The Balaban J connectivity index is 4.10. The molecule has 0 rings (SSSR count). The number of hydroxylamine groups is 2. The zero-order chi connectivity index (χ0) is 12.2. The Morgan fingerprint density at radius 2 is 2.07 bits per heavy atom. The van der Waals surface area contributed by atoms with Crippen LogP contribution >= 0.6 is 7.14 Å². The van der Waals surface area contributed by atoms with Crippen molar-refractivity contribution in [3.05, 3.63) is 0 Å². The molecule has 2 atom stereocenters. The van der Waals surface area contributed by atoms with E-state index < -0.39 is 25.1 Å². The summed E-state index contributed by atoms with van der Waals surface area (Å²) in [6, 6.07) is -1.51. The van der Waals surface area contributed by atoms with Gasteiger partial charge in [0, 0.05) is 6.04 Å². The Bertz CT molecular complexity index is 267. The van der Waals surface area contributed by atoms with E-state index in [4.69, 9.17) is 10.9 Å². The summed E-state index contributed by atoms with van der Waals surface area (Å²) in [6.07, 6.45) is 0. The highest BCUT2D eigenvalue weighted by Crippen LogP contribution is 2.42. The van der Waals surface area contributed by atoms with Gasteiger partial charge in [-0.15, -0.1) is 0 Å². The third kappa shape index (κ3) is 5.13. The number of primary amides is 1. The summed E-state index contributed by atoms with van der Waals surface area (Å²) in [5.74, 6) is -1.03. The number of carbonyl (C=O) groups excluding carboxylic acids is 1. The quantitative estimate of drug-likeness (QED) is 0.226. The van der Waals surface area contributed by atoms with Crippen LogP contribution in [0.25, 0.3) is 0 Å². The molecule has 0 heterocycles.